The Morgan fingerprint density at radius 2 is 2.00 bits per heavy atom. The highest BCUT2D eigenvalue weighted by atomic mass is 35.5. The van der Waals surface area contributed by atoms with Crippen molar-refractivity contribution in [2.24, 2.45) is 0 Å². The maximum absolute atomic E-state index is 10.5. The summed E-state index contributed by atoms with van der Waals surface area (Å²) in [6.45, 7) is 0. The van der Waals surface area contributed by atoms with Gasteiger partial charge in [-0.1, -0.05) is 5.85 Å². The predicted octanol–water partition coefficient (Wildman–Crippen LogP) is -1.33. The lowest BCUT2D eigenvalue weighted by molar-refractivity contribution is -0.396. The molecule has 0 saturated carbocycles. The van der Waals surface area contributed by atoms with Crippen molar-refractivity contribution in [3.05, 3.63) is 0 Å². The Morgan fingerprint density at radius 1 is 1.50 bits per heavy atom. The first-order chi connectivity index (χ1) is 4.59. The van der Waals surface area contributed by atoms with Gasteiger partial charge < -0.3 is 15.3 Å². The van der Waals surface area contributed by atoms with Crippen LogP contribution in [0.4, 0.5) is 0 Å². The zero-order chi connectivity index (χ0) is 8.15. The highest BCUT2D eigenvalue weighted by Gasteiger charge is 2.16. The summed E-state index contributed by atoms with van der Waals surface area (Å²) in [6.07, 6.45) is -1.88. The van der Waals surface area contributed by atoms with Crippen molar-refractivity contribution in [2.45, 2.75) is 17.5 Å². The van der Waals surface area contributed by atoms with Crippen LogP contribution in [0.25, 0.3) is 0 Å². The molecule has 0 bridgehead atoms. The van der Waals surface area contributed by atoms with Crippen LogP contribution >= 0.6 is 20.4 Å². The van der Waals surface area contributed by atoms with Crippen LogP contribution < -0.4 is 5.11 Å². The fraction of sp³-hybridized carbons (Fsp3) is 1.00. The summed E-state index contributed by atoms with van der Waals surface area (Å²) in [5.74, 6) is -1.52. The van der Waals surface area contributed by atoms with Gasteiger partial charge in [-0.2, -0.15) is 0 Å². The SMILES string of the molecule is [O-]C(POO)C(Cl)C(O)O. The van der Waals surface area contributed by atoms with E-state index >= 15 is 0 Å². The molecule has 0 radical (unpaired) electrons. The molecule has 7 heteroatoms. The van der Waals surface area contributed by atoms with Gasteiger partial charge in [-0.3, -0.25) is 0 Å². The number of hydrogen-bond acceptors (Lipinski definition) is 5. The Labute approximate surface area is 64.0 Å². The molecule has 62 valence electrons. The van der Waals surface area contributed by atoms with Gasteiger partial charge >= 0.3 is 0 Å². The molecule has 3 unspecified atom stereocenters. The summed E-state index contributed by atoms with van der Waals surface area (Å²) < 4.78 is 3.48. The topological polar surface area (TPSA) is 93.0 Å². The van der Waals surface area contributed by atoms with Gasteiger partial charge in [0, 0.05) is 8.81 Å². The minimum Gasteiger partial charge on any atom is -0.846 e. The normalized spacial score (nSPS) is 18.6. The molecule has 3 atom stereocenters. The average molecular weight is 190 g/mol. The molecule has 10 heavy (non-hydrogen) atoms. The number of alkyl halides is 1. The number of aliphatic hydroxyl groups is 2. The Morgan fingerprint density at radius 3 is 2.30 bits per heavy atom. The summed E-state index contributed by atoms with van der Waals surface area (Å²) in [4.78, 5) is 0. The van der Waals surface area contributed by atoms with Gasteiger partial charge in [0.2, 0.25) is 0 Å². The quantitative estimate of drug-likeness (QED) is 0.168. The van der Waals surface area contributed by atoms with Crippen LogP contribution in [-0.2, 0) is 4.67 Å². The van der Waals surface area contributed by atoms with E-state index in [1.165, 1.54) is 0 Å². The van der Waals surface area contributed by atoms with E-state index in [2.05, 4.69) is 4.67 Å². The molecule has 3 N–H and O–H groups in total. The zero-order valence-electron chi connectivity index (χ0n) is 4.77. The molecule has 0 spiro atoms. The number of hydrogen-bond donors (Lipinski definition) is 3. The molecule has 0 fully saturated rings. The van der Waals surface area contributed by atoms with Gasteiger partial charge in [0.25, 0.3) is 0 Å². The average Bonchev–Trinajstić information content (AvgIpc) is 1.87. The molecule has 0 aromatic rings. The molecule has 0 rings (SSSR count). The van der Waals surface area contributed by atoms with Crippen LogP contribution in [0, 0.1) is 0 Å². The standard InChI is InChI=1S/C3H7ClO5P/c4-1(2(5)6)3(7)10-9-8/h1-3,5-6,8,10H/q-1. The van der Waals surface area contributed by atoms with Crippen LogP contribution in [0.2, 0.25) is 0 Å². The van der Waals surface area contributed by atoms with E-state index in [9.17, 15) is 5.11 Å². The molecule has 0 heterocycles. The van der Waals surface area contributed by atoms with E-state index in [0.717, 1.165) is 0 Å². The highest BCUT2D eigenvalue weighted by Crippen LogP contribution is 2.21. The van der Waals surface area contributed by atoms with Crippen molar-refractivity contribution in [1.82, 2.24) is 0 Å². The van der Waals surface area contributed by atoms with Gasteiger partial charge in [0.15, 0.2) is 6.29 Å². The second-order valence-corrected chi connectivity index (χ2v) is 2.98. The second kappa shape index (κ2) is 5.21. The molecular weight excluding hydrogens is 182 g/mol. The molecule has 0 aliphatic heterocycles. The van der Waals surface area contributed by atoms with E-state index in [1.807, 2.05) is 0 Å². The molecule has 0 aromatic heterocycles. The highest BCUT2D eigenvalue weighted by molar-refractivity contribution is 7.32. The Kier molecular flexibility index (Phi) is 5.48. The predicted molar refractivity (Wildman–Crippen MR) is 33.7 cm³/mol. The molecular formula is C3H7ClO5P-. The monoisotopic (exact) mass is 189 g/mol. The van der Waals surface area contributed by atoms with Crippen molar-refractivity contribution in [2.75, 3.05) is 0 Å². The Bertz CT molecular complexity index is 91.0. The minimum absolute atomic E-state index is 0.790. The summed E-state index contributed by atoms with van der Waals surface area (Å²) in [6, 6.07) is 0. The van der Waals surface area contributed by atoms with Gasteiger partial charge in [-0.25, -0.2) is 9.93 Å². The fourth-order valence-corrected chi connectivity index (χ4v) is 0.834. The summed E-state index contributed by atoms with van der Waals surface area (Å²) in [5.41, 5.74) is 0. The first kappa shape index (κ1) is 10.5. The Hall–Kier alpha value is 0.520. The lowest BCUT2D eigenvalue weighted by atomic mass is 10.4. The number of halogens is 1. The van der Waals surface area contributed by atoms with Crippen molar-refractivity contribution in [3.8, 4) is 0 Å². The molecule has 0 aliphatic rings. The van der Waals surface area contributed by atoms with Gasteiger partial charge in [-0.05, 0) is 0 Å². The summed E-state index contributed by atoms with van der Waals surface area (Å²) in [7, 11) is -0.790. The third kappa shape index (κ3) is 3.63. The first-order valence-electron chi connectivity index (χ1n) is 2.31. The third-order valence-corrected chi connectivity index (χ3v) is 2.11. The maximum atomic E-state index is 10.5. The molecule has 0 amide bonds. The smallest absolute Gasteiger partial charge is 0.167 e. The Balaban J connectivity index is 3.58. The number of aliphatic hydroxyl groups excluding tert-OH is 1. The second-order valence-electron chi connectivity index (χ2n) is 1.49. The van der Waals surface area contributed by atoms with E-state index in [0.29, 0.717) is 0 Å². The van der Waals surface area contributed by atoms with Crippen molar-refractivity contribution < 1.29 is 25.3 Å². The fourth-order valence-electron chi connectivity index (χ4n) is 0.273. The largest absolute Gasteiger partial charge is 0.846 e. The van der Waals surface area contributed by atoms with Crippen molar-refractivity contribution in [1.29, 1.82) is 0 Å². The van der Waals surface area contributed by atoms with Crippen molar-refractivity contribution in [3.63, 3.8) is 0 Å². The van der Waals surface area contributed by atoms with Crippen LogP contribution in [0.1, 0.15) is 0 Å². The maximum Gasteiger partial charge on any atom is 0.167 e. The van der Waals surface area contributed by atoms with Gasteiger partial charge in [0.05, 0.1) is 5.38 Å². The van der Waals surface area contributed by atoms with Gasteiger partial charge in [-0.15, -0.1) is 11.6 Å². The molecule has 0 saturated heterocycles. The third-order valence-electron chi connectivity index (χ3n) is 0.743. The van der Waals surface area contributed by atoms with E-state index in [-0.39, 0.29) is 0 Å². The molecule has 0 aromatic carbocycles. The lowest BCUT2D eigenvalue weighted by Gasteiger charge is -2.25. The van der Waals surface area contributed by atoms with E-state index in [4.69, 9.17) is 27.1 Å². The number of rotatable bonds is 4. The van der Waals surface area contributed by atoms with E-state index < -0.39 is 26.3 Å². The summed E-state index contributed by atoms with van der Waals surface area (Å²) >= 11 is 5.15. The minimum atomic E-state index is -1.88. The zero-order valence-corrected chi connectivity index (χ0v) is 6.52. The van der Waals surface area contributed by atoms with Crippen LogP contribution in [-0.4, -0.2) is 33.0 Å². The molecule has 5 nitrogen and oxygen atoms in total. The van der Waals surface area contributed by atoms with Crippen molar-refractivity contribution >= 4 is 20.4 Å². The summed E-state index contributed by atoms with van der Waals surface area (Å²) in [5, 5.41) is 33.6. The van der Waals surface area contributed by atoms with E-state index in [1.54, 1.807) is 0 Å². The van der Waals surface area contributed by atoms with Crippen LogP contribution in [0.3, 0.4) is 0 Å². The van der Waals surface area contributed by atoms with Crippen LogP contribution in [0.15, 0.2) is 0 Å². The first-order valence-corrected chi connectivity index (χ1v) is 3.73. The van der Waals surface area contributed by atoms with Gasteiger partial charge in [0.1, 0.15) is 0 Å². The lowest BCUT2D eigenvalue weighted by Crippen LogP contribution is -2.38. The van der Waals surface area contributed by atoms with Crippen LogP contribution in [0.5, 0.6) is 0 Å². The molecule has 0 aliphatic carbocycles.